The number of methoxy groups -OCH3 is 2. The minimum atomic E-state index is -3.21. The number of ether oxygens (including phenoxy) is 2. The van der Waals surface area contributed by atoms with Crippen LogP contribution in [-0.4, -0.2) is 44.6 Å². The van der Waals surface area contributed by atoms with Crippen molar-refractivity contribution in [2.24, 2.45) is 5.41 Å². The average molecular weight is 349 g/mol. The van der Waals surface area contributed by atoms with Gasteiger partial charge in [-0.2, -0.15) is 0 Å². The Hall–Kier alpha value is -1.10. The van der Waals surface area contributed by atoms with Crippen LogP contribution in [0.1, 0.15) is 13.8 Å². The van der Waals surface area contributed by atoms with E-state index in [1.807, 2.05) is 0 Å². The summed E-state index contributed by atoms with van der Waals surface area (Å²) in [5.74, 6) is -1.40. The van der Waals surface area contributed by atoms with Crippen LogP contribution >= 0.6 is 19.0 Å². The van der Waals surface area contributed by atoms with E-state index in [-0.39, 0.29) is 23.9 Å². The molecule has 2 aliphatic heterocycles. The number of esters is 2. The third-order valence-electron chi connectivity index (χ3n) is 4.05. The van der Waals surface area contributed by atoms with Crippen LogP contribution in [0.25, 0.3) is 0 Å². The van der Waals surface area contributed by atoms with Gasteiger partial charge in [-0.3, -0.25) is 4.57 Å². The van der Waals surface area contributed by atoms with Crippen molar-refractivity contribution >= 4 is 30.9 Å². The third-order valence-corrected chi connectivity index (χ3v) is 7.62. The van der Waals surface area contributed by atoms with Gasteiger partial charge in [0, 0.05) is 16.6 Å². The SMILES string of the molecule is CCOP1(=O)C[C@@]2(C)C(Cl)=C[C@H]1C(C(=O)OC)=C2C(=O)OC. The van der Waals surface area contributed by atoms with Gasteiger partial charge in [-0.05, 0) is 13.8 Å². The Morgan fingerprint density at radius 2 is 1.95 bits per heavy atom. The number of carbonyl (C=O) groups is 2. The highest BCUT2D eigenvalue weighted by Crippen LogP contribution is 2.69. The molecule has 1 aliphatic carbocycles. The molecule has 8 heteroatoms. The molecule has 0 saturated carbocycles. The smallest absolute Gasteiger partial charge is 0.335 e. The van der Waals surface area contributed by atoms with Gasteiger partial charge < -0.3 is 14.0 Å². The quantitative estimate of drug-likeness (QED) is 0.573. The Bertz CT molecular complexity index is 637. The fourth-order valence-corrected chi connectivity index (χ4v) is 6.66. The molecule has 0 aromatic carbocycles. The number of halogens is 1. The minimum Gasteiger partial charge on any atom is -0.466 e. The maximum Gasteiger partial charge on any atom is 0.335 e. The van der Waals surface area contributed by atoms with Crippen molar-refractivity contribution in [3.05, 3.63) is 22.3 Å². The number of allylic oxidation sites excluding steroid dienone is 2. The van der Waals surface area contributed by atoms with Crippen molar-refractivity contribution in [1.82, 2.24) is 0 Å². The standard InChI is InChI=1S/C14H18ClO6P/c1-5-21-22(18)7-14(2)9(15)6-8(22)10(12(16)19-3)11(14)13(17)20-4/h6,8H,5,7H2,1-4H3/t8-,14-,22?/m0/s1. The number of hydrogen-bond acceptors (Lipinski definition) is 6. The van der Waals surface area contributed by atoms with E-state index in [9.17, 15) is 14.2 Å². The van der Waals surface area contributed by atoms with Crippen molar-refractivity contribution in [2.75, 3.05) is 27.0 Å². The summed E-state index contributed by atoms with van der Waals surface area (Å²) in [6, 6.07) is 0. The monoisotopic (exact) mass is 348 g/mol. The van der Waals surface area contributed by atoms with Gasteiger partial charge in [-0.25, -0.2) is 9.59 Å². The van der Waals surface area contributed by atoms with E-state index in [4.69, 9.17) is 25.6 Å². The highest BCUT2D eigenvalue weighted by Gasteiger charge is 2.59. The van der Waals surface area contributed by atoms with Gasteiger partial charge in [-0.1, -0.05) is 17.7 Å². The van der Waals surface area contributed by atoms with E-state index in [0.717, 1.165) is 0 Å². The van der Waals surface area contributed by atoms with Crippen molar-refractivity contribution < 1.29 is 28.2 Å². The predicted molar refractivity (Wildman–Crippen MR) is 81.0 cm³/mol. The molecule has 0 spiro atoms. The Labute approximate surface area is 133 Å². The van der Waals surface area contributed by atoms with Crippen LogP contribution in [0.2, 0.25) is 0 Å². The van der Waals surface area contributed by atoms with Gasteiger partial charge in [-0.15, -0.1) is 0 Å². The molecule has 122 valence electrons. The largest absolute Gasteiger partial charge is 0.466 e. The second kappa shape index (κ2) is 5.84. The first kappa shape index (κ1) is 17.3. The van der Waals surface area contributed by atoms with Crippen molar-refractivity contribution in [1.29, 1.82) is 0 Å². The normalized spacial score (nSPS) is 33.5. The van der Waals surface area contributed by atoms with Crippen molar-refractivity contribution in [2.45, 2.75) is 19.5 Å². The summed E-state index contributed by atoms with van der Waals surface area (Å²) in [6.45, 7) is 3.61. The molecule has 22 heavy (non-hydrogen) atoms. The topological polar surface area (TPSA) is 78.9 Å². The number of carbonyl (C=O) groups excluding carboxylic acids is 2. The third kappa shape index (κ3) is 2.34. The van der Waals surface area contributed by atoms with E-state index in [1.165, 1.54) is 20.3 Å². The molecular formula is C14H18ClO6P. The lowest BCUT2D eigenvalue weighted by molar-refractivity contribution is -0.140. The van der Waals surface area contributed by atoms with E-state index in [0.29, 0.717) is 5.03 Å². The van der Waals surface area contributed by atoms with Crippen LogP contribution < -0.4 is 0 Å². The molecule has 0 saturated heterocycles. The summed E-state index contributed by atoms with van der Waals surface area (Å²) in [5, 5.41) is 0.358. The lowest BCUT2D eigenvalue weighted by Crippen LogP contribution is -2.45. The molecule has 0 aromatic heterocycles. The van der Waals surface area contributed by atoms with Crippen molar-refractivity contribution in [3.8, 4) is 0 Å². The Balaban J connectivity index is 2.74. The second-order valence-electron chi connectivity index (χ2n) is 5.37. The first-order valence-electron chi connectivity index (χ1n) is 6.77. The molecule has 0 aromatic rings. The lowest BCUT2D eigenvalue weighted by atomic mass is 9.75. The van der Waals surface area contributed by atoms with Gasteiger partial charge in [0.15, 0.2) is 0 Å². The van der Waals surface area contributed by atoms with Crippen LogP contribution in [0.4, 0.5) is 0 Å². The molecule has 0 amide bonds. The summed E-state index contributed by atoms with van der Waals surface area (Å²) in [6.07, 6.45) is 1.58. The van der Waals surface area contributed by atoms with Gasteiger partial charge in [0.25, 0.3) is 0 Å². The molecule has 2 heterocycles. The first-order chi connectivity index (χ1) is 10.2. The highest BCUT2D eigenvalue weighted by atomic mass is 35.5. The van der Waals surface area contributed by atoms with Gasteiger partial charge in [0.05, 0.1) is 37.6 Å². The van der Waals surface area contributed by atoms with Crippen LogP contribution in [0.3, 0.4) is 0 Å². The number of hydrogen-bond donors (Lipinski definition) is 0. The molecule has 0 fully saturated rings. The summed E-state index contributed by atoms with van der Waals surface area (Å²) in [5.41, 5.74) is -1.85. The van der Waals surface area contributed by atoms with Gasteiger partial charge in [0.2, 0.25) is 7.37 Å². The zero-order valence-corrected chi connectivity index (χ0v) is 14.5. The molecule has 3 aliphatic rings. The lowest BCUT2D eigenvalue weighted by Gasteiger charge is -2.46. The first-order valence-corrected chi connectivity index (χ1v) is 9.03. The van der Waals surface area contributed by atoms with Crippen LogP contribution in [0, 0.1) is 5.41 Å². The Kier molecular flexibility index (Phi) is 4.58. The van der Waals surface area contributed by atoms with Crippen LogP contribution in [0.15, 0.2) is 22.3 Å². The molecule has 3 atom stereocenters. The second-order valence-corrected chi connectivity index (χ2v) is 8.36. The summed E-state index contributed by atoms with van der Waals surface area (Å²) in [7, 11) is -0.797. The molecule has 3 rings (SSSR count). The van der Waals surface area contributed by atoms with Gasteiger partial charge >= 0.3 is 11.9 Å². The molecule has 2 bridgehead atoms. The number of rotatable bonds is 4. The molecule has 6 nitrogen and oxygen atoms in total. The maximum absolute atomic E-state index is 13.1. The summed E-state index contributed by atoms with van der Waals surface area (Å²) < 4.78 is 28.2. The fraction of sp³-hybridized carbons (Fsp3) is 0.571. The number of fused-ring (bicyclic) bond motifs is 1. The molecule has 0 N–H and O–H groups in total. The molecule has 0 radical (unpaired) electrons. The molecular weight excluding hydrogens is 331 g/mol. The molecule has 1 unspecified atom stereocenters. The fourth-order valence-electron chi connectivity index (χ4n) is 3.09. The average Bonchev–Trinajstić information content (AvgIpc) is 2.46. The van der Waals surface area contributed by atoms with E-state index in [2.05, 4.69) is 0 Å². The van der Waals surface area contributed by atoms with Crippen LogP contribution in [-0.2, 0) is 28.2 Å². The van der Waals surface area contributed by atoms with E-state index in [1.54, 1.807) is 13.8 Å². The predicted octanol–water partition coefficient (Wildman–Crippen LogP) is 2.47. The zero-order chi connectivity index (χ0) is 16.7. The summed E-state index contributed by atoms with van der Waals surface area (Å²) in [4.78, 5) is 24.4. The van der Waals surface area contributed by atoms with Crippen LogP contribution in [0.5, 0.6) is 0 Å². The van der Waals surface area contributed by atoms with Crippen molar-refractivity contribution in [3.63, 3.8) is 0 Å². The highest BCUT2D eigenvalue weighted by molar-refractivity contribution is 7.60. The summed E-state index contributed by atoms with van der Waals surface area (Å²) >= 11 is 6.28. The maximum atomic E-state index is 13.1. The van der Waals surface area contributed by atoms with E-state index >= 15 is 0 Å². The Morgan fingerprint density at radius 1 is 1.36 bits per heavy atom. The zero-order valence-electron chi connectivity index (χ0n) is 12.8. The van der Waals surface area contributed by atoms with E-state index < -0.39 is 30.4 Å². The van der Waals surface area contributed by atoms with Gasteiger partial charge in [0.1, 0.15) is 0 Å². The Morgan fingerprint density at radius 3 is 2.45 bits per heavy atom. The minimum absolute atomic E-state index is 0.0179.